The van der Waals surface area contributed by atoms with Gasteiger partial charge in [0.1, 0.15) is 17.5 Å². The molecule has 0 N–H and O–H groups in total. The normalized spacial score (nSPS) is 19.0. The first-order chi connectivity index (χ1) is 13.3. The van der Waals surface area contributed by atoms with E-state index in [1.165, 1.54) is 28.7 Å². The van der Waals surface area contributed by atoms with Crippen molar-refractivity contribution in [1.29, 1.82) is 0 Å². The van der Waals surface area contributed by atoms with Gasteiger partial charge < -0.3 is 4.74 Å². The number of nitrogens with zero attached hydrogens (tertiary/aromatic N) is 3. The molecular formula is C22H29N3O3. The van der Waals surface area contributed by atoms with Crippen molar-refractivity contribution in [2.75, 3.05) is 0 Å². The number of benzene rings is 1. The van der Waals surface area contributed by atoms with E-state index in [0.717, 1.165) is 24.8 Å². The van der Waals surface area contributed by atoms with Gasteiger partial charge in [0.25, 0.3) is 0 Å². The standard InChI is InChI=1S/C22H29N3O3/c1-22(2,3)28-20(26)18-9-6-10-19-23-24(21(27)25(18)19)14-15-11-12-16-7-4-5-8-17(16)13-15/h11-13,18H,4-10,14H2,1-3H3/t18-/m0/s1. The fourth-order valence-electron chi connectivity index (χ4n) is 4.29. The van der Waals surface area contributed by atoms with Crippen molar-refractivity contribution in [3.63, 3.8) is 0 Å². The van der Waals surface area contributed by atoms with Crippen molar-refractivity contribution in [3.05, 3.63) is 51.2 Å². The van der Waals surface area contributed by atoms with Crippen molar-refractivity contribution in [2.24, 2.45) is 0 Å². The van der Waals surface area contributed by atoms with Gasteiger partial charge in [-0.2, -0.15) is 5.10 Å². The minimum Gasteiger partial charge on any atom is -0.458 e. The highest BCUT2D eigenvalue weighted by atomic mass is 16.6. The average molecular weight is 383 g/mol. The molecule has 1 atom stereocenters. The first kappa shape index (κ1) is 19.0. The molecule has 0 radical (unpaired) electrons. The SMILES string of the molecule is CC(C)(C)OC(=O)[C@@H]1CCCc2nn(Cc3ccc4c(c3)CCCC4)c(=O)n21. The van der Waals surface area contributed by atoms with Crippen LogP contribution in [0.4, 0.5) is 0 Å². The zero-order chi connectivity index (χ0) is 19.9. The summed E-state index contributed by atoms with van der Waals surface area (Å²) in [5.41, 5.74) is 3.12. The number of esters is 1. The van der Waals surface area contributed by atoms with Gasteiger partial charge in [-0.3, -0.25) is 4.57 Å². The molecular weight excluding hydrogens is 354 g/mol. The van der Waals surface area contributed by atoms with Crippen molar-refractivity contribution in [2.45, 2.75) is 83.9 Å². The molecule has 0 spiro atoms. The molecule has 0 amide bonds. The lowest BCUT2D eigenvalue weighted by atomic mass is 9.90. The molecule has 6 nitrogen and oxygen atoms in total. The zero-order valence-corrected chi connectivity index (χ0v) is 17.0. The van der Waals surface area contributed by atoms with Crippen molar-refractivity contribution in [3.8, 4) is 0 Å². The highest BCUT2D eigenvalue weighted by Crippen LogP contribution is 2.26. The quantitative estimate of drug-likeness (QED) is 0.764. The predicted octanol–water partition coefficient (Wildman–Crippen LogP) is 3.19. The van der Waals surface area contributed by atoms with Gasteiger partial charge in [0.05, 0.1) is 6.54 Å². The Bertz CT molecular complexity index is 949. The molecule has 4 rings (SSSR count). The van der Waals surface area contributed by atoms with Crippen LogP contribution >= 0.6 is 0 Å². The Morgan fingerprint density at radius 3 is 2.64 bits per heavy atom. The number of ether oxygens (including phenoxy) is 1. The monoisotopic (exact) mass is 383 g/mol. The van der Waals surface area contributed by atoms with E-state index in [-0.39, 0.29) is 11.7 Å². The van der Waals surface area contributed by atoms with Crippen molar-refractivity contribution < 1.29 is 9.53 Å². The Labute approximate surface area is 165 Å². The summed E-state index contributed by atoms with van der Waals surface area (Å²) < 4.78 is 8.60. The van der Waals surface area contributed by atoms with Gasteiger partial charge in [0.2, 0.25) is 0 Å². The lowest BCUT2D eigenvalue weighted by Gasteiger charge is -2.26. The van der Waals surface area contributed by atoms with Gasteiger partial charge in [0, 0.05) is 6.42 Å². The molecule has 1 aromatic heterocycles. The zero-order valence-electron chi connectivity index (χ0n) is 17.0. The topological polar surface area (TPSA) is 66.1 Å². The summed E-state index contributed by atoms with van der Waals surface area (Å²) in [7, 11) is 0. The molecule has 0 bridgehead atoms. The largest absolute Gasteiger partial charge is 0.458 e. The van der Waals surface area contributed by atoms with Gasteiger partial charge in [-0.1, -0.05) is 18.2 Å². The maximum atomic E-state index is 13.0. The van der Waals surface area contributed by atoms with Gasteiger partial charge in [-0.15, -0.1) is 0 Å². The van der Waals surface area contributed by atoms with E-state index in [1.807, 2.05) is 20.8 Å². The maximum Gasteiger partial charge on any atom is 0.347 e. The van der Waals surface area contributed by atoms with Gasteiger partial charge in [-0.05, 0) is 76.0 Å². The molecule has 2 aliphatic rings. The Kier molecular flexibility index (Phi) is 4.89. The lowest BCUT2D eigenvalue weighted by molar-refractivity contribution is -0.159. The number of hydrogen-bond donors (Lipinski definition) is 0. The molecule has 2 aromatic rings. The molecule has 1 aliphatic heterocycles. The second kappa shape index (κ2) is 7.22. The van der Waals surface area contributed by atoms with Crippen LogP contribution in [0.5, 0.6) is 0 Å². The molecule has 1 aromatic carbocycles. The van der Waals surface area contributed by atoms with Crippen LogP contribution in [-0.4, -0.2) is 25.9 Å². The number of aryl methyl sites for hydroxylation is 3. The first-order valence-corrected chi connectivity index (χ1v) is 10.3. The minimum absolute atomic E-state index is 0.219. The number of carbonyl (C=O) groups excluding carboxylic acids is 1. The molecule has 0 saturated heterocycles. The van der Waals surface area contributed by atoms with E-state index >= 15 is 0 Å². The van der Waals surface area contributed by atoms with Crippen molar-refractivity contribution >= 4 is 5.97 Å². The van der Waals surface area contributed by atoms with Gasteiger partial charge >= 0.3 is 11.7 Å². The molecule has 0 saturated carbocycles. The summed E-state index contributed by atoms with van der Waals surface area (Å²) >= 11 is 0. The smallest absolute Gasteiger partial charge is 0.347 e. The van der Waals surface area contributed by atoms with E-state index in [1.54, 1.807) is 4.57 Å². The summed E-state index contributed by atoms with van der Waals surface area (Å²) in [6.07, 6.45) is 6.90. The van der Waals surface area contributed by atoms with Crippen LogP contribution in [0, 0.1) is 0 Å². The van der Waals surface area contributed by atoms with E-state index < -0.39 is 11.6 Å². The molecule has 28 heavy (non-hydrogen) atoms. The Hall–Kier alpha value is -2.37. The summed E-state index contributed by atoms with van der Waals surface area (Å²) in [5.74, 6) is 0.342. The number of fused-ring (bicyclic) bond motifs is 2. The van der Waals surface area contributed by atoms with Crippen LogP contribution < -0.4 is 5.69 Å². The summed E-state index contributed by atoms with van der Waals surface area (Å²) in [5, 5.41) is 4.55. The average Bonchev–Trinajstić information content (AvgIpc) is 2.96. The lowest BCUT2D eigenvalue weighted by Crippen LogP contribution is -2.38. The Balaban J connectivity index is 1.61. The van der Waals surface area contributed by atoms with Gasteiger partial charge in [0.15, 0.2) is 0 Å². The van der Waals surface area contributed by atoms with E-state index in [9.17, 15) is 9.59 Å². The number of rotatable bonds is 3. The highest BCUT2D eigenvalue weighted by molar-refractivity contribution is 5.74. The molecule has 2 heterocycles. The number of aromatic nitrogens is 3. The Morgan fingerprint density at radius 2 is 1.89 bits per heavy atom. The van der Waals surface area contributed by atoms with Crippen LogP contribution in [0.25, 0.3) is 0 Å². The van der Waals surface area contributed by atoms with E-state index in [4.69, 9.17) is 4.74 Å². The predicted molar refractivity (Wildman–Crippen MR) is 106 cm³/mol. The van der Waals surface area contributed by atoms with Crippen LogP contribution in [0.1, 0.15) is 75.0 Å². The highest BCUT2D eigenvalue weighted by Gasteiger charge is 2.33. The number of hydrogen-bond acceptors (Lipinski definition) is 4. The van der Waals surface area contributed by atoms with Crippen LogP contribution in [0.2, 0.25) is 0 Å². The summed E-state index contributed by atoms with van der Waals surface area (Å²) in [4.78, 5) is 25.7. The Morgan fingerprint density at radius 1 is 1.14 bits per heavy atom. The second-order valence-electron chi connectivity index (χ2n) is 8.98. The van der Waals surface area contributed by atoms with Crippen LogP contribution in [0.15, 0.2) is 23.0 Å². The molecule has 150 valence electrons. The third-order valence-corrected chi connectivity index (χ3v) is 5.55. The second-order valence-corrected chi connectivity index (χ2v) is 8.98. The first-order valence-electron chi connectivity index (χ1n) is 10.3. The molecule has 1 aliphatic carbocycles. The third-order valence-electron chi connectivity index (χ3n) is 5.55. The summed E-state index contributed by atoms with van der Waals surface area (Å²) in [6.45, 7) is 5.97. The van der Waals surface area contributed by atoms with Crippen LogP contribution in [0.3, 0.4) is 0 Å². The maximum absolute atomic E-state index is 13.0. The van der Waals surface area contributed by atoms with Crippen LogP contribution in [-0.2, 0) is 35.3 Å². The van der Waals surface area contributed by atoms with E-state index in [2.05, 4.69) is 23.3 Å². The third kappa shape index (κ3) is 3.77. The summed E-state index contributed by atoms with van der Waals surface area (Å²) in [6, 6.07) is 5.92. The molecule has 6 heteroatoms. The van der Waals surface area contributed by atoms with E-state index in [0.29, 0.717) is 25.2 Å². The fourth-order valence-corrected chi connectivity index (χ4v) is 4.29. The molecule has 0 fully saturated rings. The number of carbonyl (C=O) groups is 1. The fraction of sp³-hybridized carbons (Fsp3) is 0.591. The van der Waals surface area contributed by atoms with Gasteiger partial charge in [-0.25, -0.2) is 14.3 Å². The molecule has 0 unspecified atom stereocenters. The van der Waals surface area contributed by atoms with Crippen molar-refractivity contribution in [1.82, 2.24) is 14.3 Å². The minimum atomic E-state index is -0.576.